The van der Waals surface area contributed by atoms with E-state index in [1.807, 2.05) is 0 Å². The van der Waals surface area contributed by atoms with Crippen LogP contribution in [0.25, 0.3) is 0 Å². The summed E-state index contributed by atoms with van der Waals surface area (Å²) in [4.78, 5) is 38.0. The molecule has 6 heteroatoms. The first-order chi connectivity index (χ1) is 31.0. The molecule has 6 nitrogen and oxygen atoms in total. The van der Waals surface area contributed by atoms with Crippen LogP contribution in [0.5, 0.6) is 0 Å². The molecule has 0 rings (SSSR count). The highest BCUT2D eigenvalue weighted by molar-refractivity contribution is 5.71. The third-order valence-corrected chi connectivity index (χ3v) is 11.9. The first kappa shape index (κ1) is 60.4. The number of carbonyl (C=O) groups excluding carboxylic acids is 3. The van der Waals surface area contributed by atoms with Gasteiger partial charge in [0.1, 0.15) is 13.2 Å². The van der Waals surface area contributed by atoms with Crippen LogP contribution in [-0.4, -0.2) is 37.2 Å². The summed E-state index contributed by atoms with van der Waals surface area (Å²) in [5.41, 5.74) is 0. The molecule has 366 valence electrons. The Morgan fingerprint density at radius 2 is 0.556 bits per heavy atom. The fourth-order valence-electron chi connectivity index (χ4n) is 7.72. The average molecular weight is 883 g/mol. The van der Waals surface area contributed by atoms with Crippen LogP contribution < -0.4 is 0 Å². The van der Waals surface area contributed by atoms with Crippen molar-refractivity contribution in [3.05, 3.63) is 48.6 Å². The number of allylic oxidation sites excluding steroid dienone is 8. The third kappa shape index (κ3) is 50.2. The summed E-state index contributed by atoms with van der Waals surface area (Å²) in [6.45, 7) is 6.60. The zero-order valence-electron chi connectivity index (χ0n) is 41.8. The Kier molecular flexibility index (Phi) is 49.8. The Hall–Kier alpha value is -2.63. The third-order valence-electron chi connectivity index (χ3n) is 11.9. The minimum atomic E-state index is -0.783. The second kappa shape index (κ2) is 52.0. The standard InChI is InChI=1S/C57H102O6/c1-4-7-10-13-16-19-22-25-27-28-29-31-32-35-38-41-44-47-50-56(59)62-53-54(52-61-55(58)49-46-43-40-37-34-24-21-18-15-12-9-6-3)63-57(60)51-48-45-42-39-36-33-30-26-23-20-17-14-11-8-5-2/h17,20,23,26-29,31,54H,4-16,18-19,21-22,24-25,30,32-53H2,1-3H3/b20-17-,26-23-,28-27-,31-29-. The summed E-state index contributed by atoms with van der Waals surface area (Å²) in [5, 5.41) is 0. The lowest BCUT2D eigenvalue weighted by Crippen LogP contribution is -2.30. The first-order valence-corrected chi connectivity index (χ1v) is 27.2. The molecule has 0 saturated heterocycles. The molecule has 0 aromatic rings. The van der Waals surface area contributed by atoms with E-state index in [2.05, 4.69) is 69.4 Å². The van der Waals surface area contributed by atoms with Crippen LogP contribution in [0.1, 0.15) is 278 Å². The average Bonchev–Trinajstić information content (AvgIpc) is 3.28. The van der Waals surface area contributed by atoms with Crippen LogP contribution in [0.4, 0.5) is 0 Å². The lowest BCUT2D eigenvalue weighted by molar-refractivity contribution is -0.167. The van der Waals surface area contributed by atoms with E-state index in [1.165, 1.54) is 148 Å². The summed E-state index contributed by atoms with van der Waals surface area (Å²) in [6.07, 6.45) is 62.3. The van der Waals surface area contributed by atoms with Gasteiger partial charge in [0.15, 0.2) is 6.10 Å². The Morgan fingerprint density at radius 3 is 0.873 bits per heavy atom. The highest BCUT2D eigenvalue weighted by Gasteiger charge is 2.19. The van der Waals surface area contributed by atoms with Gasteiger partial charge in [0.2, 0.25) is 0 Å². The predicted molar refractivity (Wildman–Crippen MR) is 270 cm³/mol. The van der Waals surface area contributed by atoms with Gasteiger partial charge in [-0.15, -0.1) is 0 Å². The largest absolute Gasteiger partial charge is 0.462 e. The molecule has 0 aromatic carbocycles. The normalized spacial score (nSPS) is 12.4. The second-order valence-electron chi connectivity index (χ2n) is 18.2. The minimum absolute atomic E-state index is 0.0807. The van der Waals surface area contributed by atoms with Crippen LogP contribution in [0.2, 0.25) is 0 Å². The van der Waals surface area contributed by atoms with Crippen LogP contribution in [0.15, 0.2) is 48.6 Å². The number of ether oxygens (including phenoxy) is 3. The molecule has 0 aliphatic carbocycles. The highest BCUT2D eigenvalue weighted by Crippen LogP contribution is 2.15. The van der Waals surface area contributed by atoms with Gasteiger partial charge in [-0.1, -0.05) is 236 Å². The summed E-state index contributed by atoms with van der Waals surface area (Å²) in [7, 11) is 0. The van der Waals surface area contributed by atoms with Crippen LogP contribution in [-0.2, 0) is 28.6 Å². The van der Waals surface area contributed by atoms with Gasteiger partial charge in [0.25, 0.3) is 0 Å². The molecule has 0 amide bonds. The van der Waals surface area contributed by atoms with Crippen molar-refractivity contribution in [2.24, 2.45) is 0 Å². The molecule has 0 aliphatic rings. The predicted octanol–water partition coefficient (Wildman–Crippen LogP) is 17.9. The van der Waals surface area contributed by atoms with E-state index in [0.717, 1.165) is 89.9 Å². The minimum Gasteiger partial charge on any atom is -0.462 e. The first-order valence-electron chi connectivity index (χ1n) is 27.2. The molecular formula is C57H102O6. The smallest absolute Gasteiger partial charge is 0.306 e. The van der Waals surface area contributed by atoms with Crippen LogP contribution >= 0.6 is 0 Å². The second-order valence-corrected chi connectivity index (χ2v) is 18.2. The van der Waals surface area contributed by atoms with E-state index < -0.39 is 6.10 Å². The van der Waals surface area contributed by atoms with Crippen molar-refractivity contribution in [2.75, 3.05) is 13.2 Å². The van der Waals surface area contributed by atoms with Crippen LogP contribution in [0.3, 0.4) is 0 Å². The molecule has 0 aromatic heterocycles. The van der Waals surface area contributed by atoms with E-state index in [-0.39, 0.29) is 31.1 Å². The summed E-state index contributed by atoms with van der Waals surface area (Å²) < 4.78 is 16.8. The summed E-state index contributed by atoms with van der Waals surface area (Å²) >= 11 is 0. The molecule has 0 heterocycles. The Balaban J connectivity index is 4.39. The van der Waals surface area contributed by atoms with E-state index in [0.29, 0.717) is 19.3 Å². The van der Waals surface area contributed by atoms with E-state index in [9.17, 15) is 14.4 Å². The highest BCUT2D eigenvalue weighted by atomic mass is 16.6. The molecule has 0 fully saturated rings. The number of hydrogen-bond donors (Lipinski definition) is 0. The molecule has 1 unspecified atom stereocenters. The van der Waals surface area contributed by atoms with Gasteiger partial charge in [-0.2, -0.15) is 0 Å². The molecule has 0 radical (unpaired) electrons. The lowest BCUT2D eigenvalue weighted by atomic mass is 10.0. The molecule has 0 saturated carbocycles. The molecular weight excluding hydrogens is 781 g/mol. The zero-order valence-corrected chi connectivity index (χ0v) is 41.8. The van der Waals surface area contributed by atoms with Crippen molar-refractivity contribution in [1.82, 2.24) is 0 Å². The number of rotatable bonds is 49. The van der Waals surface area contributed by atoms with Crippen molar-refractivity contribution in [3.8, 4) is 0 Å². The van der Waals surface area contributed by atoms with Crippen molar-refractivity contribution < 1.29 is 28.6 Å². The molecule has 0 aliphatic heterocycles. The molecule has 0 bridgehead atoms. The summed E-state index contributed by atoms with van der Waals surface area (Å²) in [5.74, 6) is -0.899. The lowest BCUT2D eigenvalue weighted by Gasteiger charge is -2.18. The fraction of sp³-hybridized carbons (Fsp3) is 0.807. The van der Waals surface area contributed by atoms with Gasteiger partial charge in [0.05, 0.1) is 0 Å². The number of hydrogen-bond acceptors (Lipinski definition) is 6. The van der Waals surface area contributed by atoms with Crippen molar-refractivity contribution in [3.63, 3.8) is 0 Å². The van der Waals surface area contributed by atoms with Gasteiger partial charge in [-0.05, 0) is 70.6 Å². The number of unbranched alkanes of at least 4 members (excludes halogenated alkanes) is 32. The number of carbonyl (C=O) groups is 3. The van der Waals surface area contributed by atoms with Crippen LogP contribution in [0, 0.1) is 0 Å². The maximum atomic E-state index is 12.8. The van der Waals surface area contributed by atoms with E-state index >= 15 is 0 Å². The van der Waals surface area contributed by atoms with Gasteiger partial charge in [-0.3, -0.25) is 14.4 Å². The topological polar surface area (TPSA) is 78.9 Å². The van der Waals surface area contributed by atoms with E-state index in [1.54, 1.807) is 0 Å². The van der Waals surface area contributed by atoms with Gasteiger partial charge in [-0.25, -0.2) is 0 Å². The Labute approximate surface area is 390 Å². The fourth-order valence-corrected chi connectivity index (χ4v) is 7.72. The maximum Gasteiger partial charge on any atom is 0.306 e. The number of esters is 3. The Bertz CT molecular complexity index is 1110. The van der Waals surface area contributed by atoms with E-state index in [4.69, 9.17) is 14.2 Å². The monoisotopic (exact) mass is 883 g/mol. The zero-order chi connectivity index (χ0) is 45.8. The van der Waals surface area contributed by atoms with Gasteiger partial charge in [0, 0.05) is 19.3 Å². The molecule has 1 atom stereocenters. The maximum absolute atomic E-state index is 12.8. The quantitative estimate of drug-likeness (QED) is 0.0262. The molecule has 63 heavy (non-hydrogen) atoms. The van der Waals surface area contributed by atoms with Gasteiger partial charge >= 0.3 is 17.9 Å². The van der Waals surface area contributed by atoms with Crippen molar-refractivity contribution in [2.45, 2.75) is 284 Å². The van der Waals surface area contributed by atoms with Gasteiger partial charge < -0.3 is 14.2 Å². The van der Waals surface area contributed by atoms with Crippen molar-refractivity contribution >= 4 is 17.9 Å². The van der Waals surface area contributed by atoms with Crippen molar-refractivity contribution in [1.29, 1.82) is 0 Å². The molecule has 0 spiro atoms. The molecule has 0 N–H and O–H groups in total. The summed E-state index contributed by atoms with van der Waals surface area (Å²) in [6, 6.07) is 0. The Morgan fingerprint density at radius 1 is 0.317 bits per heavy atom. The SMILES string of the molecule is CCCCC/C=C\C=C/CCCCCCCCC(=O)OC(COC(=O)CCCCCCC/C=C\C=C/CCCCCCCCC)COC(=O)CCCCCCCCCCCCCC.